The Balaban J connectivity index is 2.33. The lowest BCUT2D eigenvalue weighted by atomic mass is 10.0. The SMILES string of the molecule is CCOC(=O)CC(=O)N(Cc1ccc(OC)cc1OC)[C@@H]1CCC[C@@H]1C(=O)OCC. The minimum atomic E-state index is -0.583. The fourth-order valence-corrected chi connectivity index (χ4v) is 3.83. The molecule has 0 aromatic heterocycles. The second kappa shape index (κ2) is 11.4. The Bertz CT molecular complexity index is 749. The molecule has 1 fully saturated rings. The average Bonchev–Trinajstić information content (AvgIpc) is 3.21. The van der Waals surface area contributed by atoms with Crippen molar-refractivity contribution in [3.8, 4) is 11.5 Å². The van der Waals surface area contributed by atoms with E-state index >= 15 is 0 Å². The molecule has 1 aliphatic rings. The van der Waals surface area contributed by atoms with E-state index in [-0.39, 0.29) is 44.1 Å². The zero-order valence-electron chi connectivity index (χ0n) is 18.1. The molecular formula is C22H31NO7. The number of rotatable bonds is 10. The number of hydrogen-bond acceptors (Lipinski definition) is 7. The Morgan fingerprint density at radius 1 is 1.03 bits per heavy atom. The first-order chi connectivity index (χ1) is 14.4. The van der Waals surface area contributed by atoms with Crippen molar-refractivity contribution in [2.75, 3.05) is 27.4 Å². The molecule has 1 aliphatic carbocycles. The fourth-order valence-electron chi connectivity index (χ4n) is 3.83. The maximum absolute atomic E-state index is 13.1. The summed E-state index contributed by atoms with van der Waals surface area (Å²) in [6.07, 6.45) is 1.73. The lowest BCUT2D eigenvalue weighted by Gasteiger charge is -2.32. The normalized spacial score (nSPS) is 17.9. The number of carbonyl (C=O) groups is 3. The number of esters is 2. The predicted octanol–water partition coefficient (Wildman–Crippen LogP) is 2.72. The van der Waals surface area contributed by atoms with E-state index in [9.17, 15) is 14.4 Å². The number of amides is 1. The van der Waals surface area contributed by atoms with Gasteiger partial charge in [0.2, 0.25) is 5.91 Å². The fraction of sp³-hybridized carbons (Fsp3) is 0.591. The summed E-state index contributed by atoms with van der Waals surface area (Å²) in [4.78, 5) is 39.1. The maximum Gasteiger partial charge on any atom is 0.315 e. The number of methoxy groups -OCH3 is 2. The van der Waals surface area contributed by atoms with E-state index in [1.807, 2.05) is 6.07 Å². The van der Waals surface area contributed by atoms with Crippen LogP contribution in [0.25, 0.3) is 0 Å². The molecule has 30 heavy (non-hydrogen) atoms. The molecule has 0 spiro atoms. The van der Waals surface area contributed by atoms with Gasteiger partial charge in [-0.1, -0.05) is 6.42 Å². The van der Waals surface area contributed by atoms with Crippen LogP contribution in [0.15, 0.2) is 18.2 Å². The number of benzene rings is 1. The summed E-state index contributed by atoms with van der Waals surface area (Å²) in [7, 11) is 3.10. The molecule has 0 unspecified atom stereocenters. The van der Waals surface area contributed by atoms with E-state index in [0.717, 1.165) is 12.0 Å². The van der Waals surface area contributed by atoms with Crippen LogP contribution in [0.5, 0.6) is 11.5 Å². The molecule has 2 atom stereocenters. The largest absolute Gasteiger partial charge is 0.497 e. The monoisotopic (exact) mass is 421 g/mol. The summed E-state index contributed by atoms with van der Waals surface area (Å²) in [5.74, 6) is -0.498. The Morgan fingerprint density at radius 2 is 1.77 bits per heavy atom. The van der Waals surface area contributed by atoms with Crippen LogP contribution in [0.4, 0.5) is 0 Å². The van der Waals surface area contributed by atoms with Gasteiger partial charge in [-0.3, -0.25) is 14.4 Å². The first-order valence-electron chi connectivity index (χ1n) is 10.3. The van der Waals surface area contributed by atoms with Gasteiger partial charge in [-0.25, -0.2) is 0 Å². The molecule has 1 saturated carbocycles. The van der Waals surface area contributed by atoms with Gasteiger partial charge in [-0.2, -0.15) is 0 Å². The number of hydrogen-bond donors (Lipinski definition) is 0. The van der Waals surface area contributed by atoms with E-state index in [2.05, 4.69) is 0 Å². The van der Waals surface area contributed by atoms with Crippen molar-refractivity contribution in [1.29, 1.82) is 0 Å². The smallest absolute Gasteiger partial charge is 0.315 e. The van der Waals surface area contributed by atoms with Crippen molar-refractivity contribution < 1.29 is 33.3 Å². The second-order valence-electron chi connectivity index (χ2n) is 7.04. The van der Waals surface area contributed by atoms with Crippen molar-refractivity contribution in [1.82, 2.24) is 4.90 Å². The molecule has 0 heterocycles. The van der Waals surface area contributed by atoms with Gasteiger partial charge in [0.15, 0.2) is 0 Å². The van der Waals surface area contributed by atoms with E-state index in [1.54, 1.807) is 45.1 Å². The van der Waals surface area contributed by atoms with Crippen LogP contribution in [0.2, 0.25) is 0 Å². The molecule has 1 aromatic rings. The summed E-state index contributed by atoms with van der Waals surface area (Å²) >= 11 is 0. The zero-order chi connectivity index (χ0) is 22.1. The van der Waals surface area contributed by atoms with E-state index < -0.39 is 11.9 Å². The summed E-state index contributed by atoms with van der Waals surface area (Å²) in [5, 5.41) is 0. The van der Waals surface area contributed by atoms with Crippen molar-refractivity contribution in [2.45, 2.75) is 52.1 Å². The van der Waals surface area contributed by atoms with Gasteiger partial charge in [-0.05, 0) is 38.8 Å². The van der Waals surface area contributed by atoms with Gasteiger partial charge >= 0.3 is 11.9 Å². The highest BCUT2D eigenvalue weighted by Gasteiger charge is 2.40. The standard InChI is InChI=1S/C22H31NO7/c1-5-29-21(25)13-20(24)23(18-9-7-8-17(18)22(26)30-6-2)14-15-10-11-16(27-3)12-19(15)28-4/h10-12,17-18H,5-9,13-14H2,1-4H3/t17-,18+/m0/s1. The van der Waals surface area contributed by atoms with Crippen LogP contribution >= 0.6 is 0 Å². The van der Waals surface area contributed by atoms with Crippen LogP contribution in [0.3, 0.4) is 0 Å². The highest BCUT2D eigenvalue weighted by atomic mass is 16.5. The van der Waals surface area contributed by atoms with Gasteiger partial charge < -0.3 is 23.8 Å². The third-order valence-corrected chi connectivity index (χ3v) is 5.23. The van der Waals surface area contributed by atoms with E-state index in [1.165, 1.54) is 0 Å². The van der Waals surface area contributed by atoms with Crippen LogP contribution < -0.4 is 9.47 Å². The molecule has 1 amide bonds. The molecule has 166 valence electrons. The van der Waals surface area contributed by atoms with Gasteiger partial charge in [0.25, 0.3) is 0 Å². The number of ether oxygens (including phenoxy) is 4. The van der Waals surface area contributed by atoms with Gasteiger partial charge in [-0.15, -0.1) is 0 Å². The molecule has 0 aliphatic heterocycles. The third-order valence-electron chi connectivity index (χ3n) is 5.23. The molecule has 8 heteroatoms. The quantitative estimate of drug-likeness (QED) is 0.424. The molecule has 0 radical (unpaired) electrons. The van der Waals surface area contributed by atoms with E-state index in [0.29, 0.717) is 24.3 Å². The van der Waals surface area contributed by atoms with Gasteiger partial charge in [0.1, 0.15) is 17.9 Å². The van der Waals surface area contributed by atoms with Crippen molar-refractivity contribution in [2.24, 2.45) is 5.92 Å². The summed E-state index contributed by atoms with van der Waals surface area (Å²) < 4.78 is 20.9. The van der Waals surface area contributed by atoms with Gasteiger partial charge in [0, 0.05) is 24.2 Å². The summed E-state index contributed by atoms with van der Waals surface area (Å²) in [5.41, 5.74) is 0.755. The highest BCUT2D eigenvalue weighted by molar-refractivity contribution is 5.94. The van der Waals surface area contributed by atoms with Crippen LogP contribution in [-0.4, -0.2) is 56.2 Å². The lowest BCUT2D eigenvalue weighted by Crippen LogP contribution is -2.45. The van der Waals surface area contributed by atoms with Gasteiger partial charge in [0.05, 0.1) is 33.4 Å². The van der Waals surface area contributed by atoms with E-state index in [4.69, 9.17) is 18.9 Å². The molecule has 1 aromatic carbocycles. The van der Waals surface area contributed by atoms with Crippen molar-refractivity contribution in [3.05, 3.63) is 23.8 Å². The molecule has 2 rings (SSSR count). The van der Waals surface area contributed by atoms with Crippen LogP contribution in [0.1, 0.15) is 45.1 Å². The zero-order valence-corrected chi connectivity index (χ0v) is 18.1. The van der Waals surface area contributed by atoms with Crippen LogP contribution in [0, 0.1) is 5.92 Å². The van der Waals surface area contributed by atoms with Crippen molar-refractivity contribution >= 4 is 17.8 Å². The Morgan fingerprint density at radius 3 is 2.40 bits per heavy atom. The van der Waals surface area contributed by atoms with Crippen LogP contribution in [-0.2, 0) is 30.4 Å². The molecule has 0 bridgehead atoms. The molecule has 0 saturated heterocycles. The Labute approximate surface area is 177 Å². The highest BCUT2D eigenvalue weighted by Crippen LogP contribution is 2.34. The first-order valence-corrected chi connectivity index (χ1v) is 10.3. The maximum atomic E-state index is 13.1. The number of nitrogens with zero attached hydrogens (tertiary/aromatic N) is 1. The summed E-state index contributed by atoms with van der Waals surface area (Å²) in [6, 6.07) is 4.98. The minimum Gasteiger partial charge on any atom is -0.497 e. The average molecular weight is 421 g/mol. The summed E-state index contributed by atoms with van der Waals surface area (Å²) in [6.45, 7) is 4.13. The topological polar surface area (TPSA) is 91.4 Å². The Hall–Kier alpha value is -2.77. The lowest BCUT2D eigenvalue weighted by molar-refractivity contribution is -0.153. The first kappa shape index (κ1) is 23.5. The third kappa shape index (κ3) is 5.87. The molecular weight excluding hydrogens is 390 g/mol. The predicted molar refractivity (Wildman–Crippen MR) is 109 cm³/mol. The number of carbonyl (C=O) groups excluding carboxylic acids is 3. The minimum absolute atomic E-state index is 0.200. The molecule has 8 nitrogen and oxygen atoms in total. The second-order valence-corrected chi connectivity index (χ2v) is 7.04. The van der Waals surface area contributed by atoms with Crippen molar-refractivity contribution in [3.63, 3.8) is 0 Å². The Kier molecular flexibility index (Phi) is 8.95. The molecule has 0 N–H and O–H groups in total.